The first-order chi connectivity index (χ1) is 15.0. The molecule has 0 amide bonds. The average molecular weight is 440 g/mol. The Morgan fingerprint density at radius 3 is 2.74 bits per heavy atom. The maximum absolute atomic E-state index is 13.4. The molecule has 0 aliphatic heterocycles. The Morgan fingerprint density at radius 1 is 1.26 bits per heavy atom. The summed E-state index contributed by atoms with van der Waals surface area (Å²) in [6, 6.07) is 7.44. The van der Waals surface area contributed by atoms with Gasteiger partial charge in [0.05, 0.1) is 18.5 Å². The normalized spacial score (nSPS) is 13.2. The van der Waals surface area contributed by atoms with Gasteiger partial charge in [0.1, 0.15) is 17.6 Å². The first-order valence-electron chi connectivity index (χ1n) is 9.91. The van der Waals surface area contributed by atoms with Crippen LogP contribution in [0.1, 0.15) is 20.3 Å². The number of benzene rings is 1. The molecule has 0 spiro atoms. The topological polar surface area (TPSA) is 81.4 Å². The molecule has 0 saturated carbocycles. The Morgan fingerprint density at radius 2 is 2.03 bits per heavy atom. The summed E-state index contributed by atoms with van der Waals surface area (Å²) in [4.78, 5) is 26.7. The third-order valence-electron chi connectivity index (χ3n) is 5.23. The third-order valence-corrected chi connectivity index (χ3v) is 5.99. The summed E-state index contributed by atoms with van der Waals surface area (Å²) in [6.45, 7) is 3.98. The Kier molecular flexibility index (Phi) is 5.94. The van der Waals surface area contributed by atoms with Gasteiger partial charge in [-0.05, 0) is 36.2 Å². The van der Waals surface area contributed by atoms with Crippen molar-refractivity contribution in [1.82, 2.24) is 19.4 Å². The van der Waals surface area contributed by atoms with Gasteiger partial charge in [-0.3, -0.25) is 4.40 Å². The van der Waals surface area contributed by atoms with Crippen molar-refractivity contribution in [2.45, 2.75) is 26.3 Å². The number of fused-ring (bicyclic) bond motifs is 1. The number of hydrogen-bond acceptors (Lipinski definition) is 7. The van der Waals surface area contributed by atoms with E-state index in [-0.39, 0.29) is 17.7 Å². The fraction of sp³-hybridized carbons (Fsp3) is 0.273. The van der Waals surface area contributed by atoms with Crippen molar-refractivity contribution in [3.63, 3.8) is 0 Å². The van der Waals surface area contributed by atoms with Gasteiger partial charge >= 0.3 is 5.97 Å². The van der Waals surface area contributed by atoms with Crippen LogP contribution in [-0.2, 0) is 9.53 Å². The summed E-state index contributed by atoms with van der Waals surface area (Å²) in [7, 11) is 1.37. The van der Waals surface area contributed by atoms with E-state index < -0.39 is 6.04 Å². The van der Waals surface area contributed by atoms with Gasteiger partial charge in [-0.2, -0.15) is 0 Å². The highest BCUT2D eigenvalue weighted by Gasteiger charge is 2.26. The van der Waals surface area contributed by atoms with Gasteiger partial charge < -0.3 is 10.1 Å². The maximum Gasteiger partial charge on any atom is 0.328 e. The second kappa shape index (κ2) is 8.81. The summed E-state index contributed by atoms with van der Waals surface area (Å²) >= 11 is 1.50. The van der Waals surface area contributed by atoms with Crippen LogP contribution in [0.15, 0.2) is 48.1 Å². The molecule has 0 aliphatic carbocycles. The van der Waals surface area contributed by atoms with E-state index in [0.29, 0.717) is 17.3 Å². The lowest BCUT2D eigenvalue weighted by atomic mass is 9.99. The van der Waals surface area contributed by atoms with Crippen LogP contribution in [0.25, 0.3) is 27.6 Å². The maximum atomic E-state index is 13.4. The van der Waals surface area contributed by atoms with E-state index in [4.69, 9.17) is 9.72 Å². The Labute approximate surface area is 183 Å². The predicted octanol–water partition coefficient (Wildman–Crippen LogP) is 4.66. The number of methoxy groups -OCH3 is 1. The molecule has 7 nitrogen and oxygen atoms in total. The second-order valence-electron chi connectivity index (χ2n) is 7.17. The molecule has 160 valence electrons. The molecule has 1 N–H and O–H groups in total. The molecule has 3 heterocycles. The van der Waals surface area contributed by atoms with Crippen molar-refractivity contribution in [3.8, 4) is 22.6 Å². The molecule has 3 aromatic heterocycles. The Bertz CT molecular complexity index is 1200. The number of hydrogen-bond donors (Lipinski definition) is 1. The van der Waals surface area contributed by atoms with Crippen molar-refractivity contribution in [2.75, 3.05) is 12.4 Å². The zero-order chi connectivity index (χ0) is 22.0. The van der Waals surface area contributed by atoms with Gasteiger partial charge in [-0.15, -0.1) is 11.3 Å². The molecule has 0 aliphatic rings. The molecular formula is C22H22FN5O2S. The van der Waals surface area contributed by atoms with E-state index in [1.165, 1.54) is 30.6 Å². The van der Waals surface area contributed by atoms with Gasteiger partial charge in [0, 0.05) is 23.3 Å². The molecule has 0 bridgehead atoms. The van der Waals surface area contributed by atoms with Gasteiger partial charge in [0.15, 0.2) is 4.96 Å². The van der Waals surface area contributed by atoms with Gasteiger partial charge in [0.25, 0.3) is 0 Å². The lowest BCUT2D eigenvalue weighted by Crippen LogP contribution is -2.37. The number of rotatable bonds is 7. The number of nitrogens with one attached hydrogen (secondary N) is 1. The van der Waals surface area contributed by atoms with Crippen LogP contribution >= 0.6 is 11.3 Å². The van der Waals surface area contributed by atoms with Crippen LogP contribution in [0.3, 0.4) is 0 Å². The Hall–Kier alpha value is -3.33. The molecule has 0 radical (unpaired) electrons. The number of halogens is 1. The summed E-state index contributed by atoms with van der Waals surface area (Å²) in [6.07, 6.45) is 4.34. The third kappa shape index (κ3) is 4.13. The molecule has 1 aromatic carbocycles. The summed E-state index contributed by atoms with van der Waals surface area (Å²) in [5.41, 5.74) is 2.89. The molecule has 1 unspecified atom stereocenters. The molecule has 0 saturated heterocycles. The van der Waals surface area contributed by atoms with Crippen molar-refractivity contribution in [2.24, 2.45) is 5.92 Å². The van der Waals surface area contributed by atoms with E-state index in [1.807, 2.05) is 29.8 Å². The molecule has 2 atom stereocenters. The van der Waals surface area contributed by atoms with E-state index in [9.17, 15) is 9.18 Å². The van der Waals surface area contributed by atoms with Crippen molar-refractivity contribution >= 4 is 28.2 Å². The minimum atomic E-state index is -0.562. The summed E-state index contributed by atoms with van der Waals surface area (Å²) in [5.74, 6) is -0.310. The van der Waals surface area contributed by atoms with E-state index in [2.05, 4.69) is 15.3 Å². The number of imidazole rings is 1. The van der Waals surface area contributed by atoms with Crippen LogP contribution in [-0.4, -0.2) is 38.5 Å². The van der Waals surface area contributed by atoms with Crippen LogP contribution in [0, 0.1) is 11.7 Å². The quantitative estimate of drug-likeness (QED) is 0.422. The lowest BCUT2D eigenvalue weighted by molar-refractivity contribution is -0.142. The van der Waals surface area contributed by atoms with Crippen LogP contribution in [0.4, 0.5) is 10.3 Å². The monoisotopic (exact) mass is 439 g/mol. The SMILES string of the molecule is CC[C@H](C)C(Nc1nccc(-c2c(-c3ccc(F)cc3)nc3sccn23)n1)C(=O)OC. The number of carbonyl (C=O) groups excluding carboxylic acids is 1. The highest BCUT2D eigenvalue weighted by Crippen LogP contribution is 2.33. The molecule has 9 heteroatoms. The summed E-state index contributed by atoms with van der Waals surface area (Å²) < 4.78 is 20.3. The van der Waals surface area contributed by atoms with Crippen LogP contribution < -0.4 is 5.32 Å². The van der Waals surface area contributed by atoms with Crippen LogP contribution in [0.2, 0.25) is 0 Å². The second-order valence-corrected chi connectivity index (χ2v) is 8.04. The number of anilines is 1. The number of ether oxygens (including phenoxy) is 1. The Balaban J connectivity index is 1.77. The largest absolute Gasteiger partial charge is 0.467 e. The van der Waals surface area contributed by atoms with Gasteiger partial charge in [0.2, 0.25) is 5.95 Å². The first-order valence-corrected chi connectivity index (χ1v) is 10.8. The average Bonchev–Trinajstić information content (AvgIpc) is 3.38. The number of nitrogens with zero attached hydrogens (tertiary/aromatic N) is 4. The fourth-order valence-electron chi connectivity index (χ4n) is 3.33. The molecule has 0 fully saturated rings. The summed E-state index contributed by atoms with van der Waals surface area (Å²) in [5, 5.41) is 5.06. The van der Waals surface area contributed by atoms with Crippen molar-refractivity contribution in [3.05, 3.63) is 53.9 Å². The van der Waals surface area contributed by atoms with Gasteiger partial charge in [-0.1, -0.05) is 20.3 Å². The van der Waals surface area contributed by atoms with E-state index in [0.717, 1.165) is 22.6 Å². The molecule has 31 heavy (non-hydrogen) atoms. The zero-order valence-electron chi connectivity index (χ0n) is 17.4. The fourth-order valence-corrected chi connectivity index (χ4v) is 4.05. The highest BCUT2D eigenvalue weighted by molar-refractivity contribution is 7.15. The standard InChI is InChI=1S/C22H22FN5O2S/c1-4-13(2)17(20(29)30-3)26-21-24-10-9-16(25-21)19-18(14-5-7-15(23)8-6-14)27-22-28(19)11-12-31-22/h5-13,17H,4H2,1-3H3,(H,24,25,26)/t13-,17?/m0/s1. The number of carbonyl (C=O) groups is 1. The van der Waals surface area contributed by atoms with Crippen LogP contribution in [0.5, 0.6) is 0 Å². The minimum Gasteiger partial charge on any atom is -0.467 e. The minimum absolute atomic E-state index is 0.0352. The first kappa shape index (κ1) is 20.9. The predicted molar refractivity (Wildman–Crippen MR) is 118 cm³/mol. The number of thiazole rings is 1. The highest BCUT2D eigenvalue weighted by atomic mass is 32.1. The number of esters is 1. The van der Waals surface area contributed by atoms with E-state index >= 15 is 0 Å². The molecular weight excluding hydrogens is 417 g/mol. The smallest absolute Gasteiger partial charge is 0.328 e. The number of aromatic nitrogens is 4. The van der Waals surface area contributed by atoms with Crippen molar-refractivity contribution in [1.29, 1.82) is 0 Å². The molecule has 4 aromatic rings. The zero-order valence-corrected chi connectivity index (χ0v) is 18.2. The van der Waals surface area contributed by atoms with Gasteiger partial charge in [-0.25, -0.2) is 24.1 Å². The van der Waals surface area contributed by atoms with Crippen molar-refractivity contribution < 1.29 is 13.9 Å². The van der Waals surface area contributed by atoms with E-state index in [1.54, 1.807) is 24.4 Å². The molecule has 4 rings (SSSR count). The lowest BCUT2D eigenvalue weighted by Gasteiger charge is -2.21.